The van der Waals surface area contributed by atoms with Crippen LogP contribution in [0.1, 0.15) is 17.4 Å². The Kier molecular flexibility index (Phi) is 4.57. The maximum atomic E-state index is 13.2. The lowest BCUT2D eigenvalue weighted by atomic mass is 9.90. The minimum atomic E-state index is -0.964. The predicted molar refractivity (Wildman–Crippen MR) is 90.6 cm³/mol. The molecule has 6 heteroatoms. The molecule has 0 saturated carbocycles. The summed E-state index contributed by atoms with van der Waals surface area (Å²) in [4.78, 5) is 25.3. The van der Waals surface area contributed by atoms with E-state index >= 15 is 0 Å². The largest absolute Gasteiger partial charge is 0.478 e. The average molecular weight is 345 g/mol. The van der Waals surface area contributed by atoms with E-state index in [0.717, 1.165) is 11.3 Å². The number of carboxylic acids is 1. The van der Waals surface area contributed by atoms with E-state index < -0.39 is 5.97 Å². The van der Waals surface area contributed by atoms with Gasteiger partial charge in [-0.3, -0.25) is 9.69 Å². The van der Waals surface area contributed by atoms with Crippen molar-refractivity contribution in [3.8, 4) is 0 Å². The van der Waals surface area contributed by atoms with Gasteiger partial charge in [0.25, 0.3) is 0 Å². The summed E-state index contributed by atoms with van der Waals surface area (Å²) in [6, 6.07) is 6.09. The quantitative estimate of drug-likeness (QED) is 0.849. The molecule has 1 aliphatic carbocycles. The van der Waals surface area contributed by atoms with Crippen LogP contribution >= 0.6 is 11.8 Å². The fourth-order valence-corrected chi connectivity index (χ4v) is 4.10. The molecule has 2 atom stereocenters. The molecule has 24 heavy (non-hydrogen) atoms. The van der Waals surface area contributed by atoms with Crippen molar-refractivity contribution in [2.45, 2.75) is 11.8 Å². The Hall–Kier alpha value is -2.34. The van der Waals surface area contributed by atoms with Gasteiger partial charge in [-0.2, -0.15) is 0 Å². The van der Waals surface area contributed by atoms with Crippen molar-refractivity contribution in [1.82, 2.24) is 4.90 Å². The molecule has 1 aromatic rings. The summed E-state index contributed by atoms with van der Waals surface area (Å²) in [5.41, 5.74) is 1.87. The van der Waals surface area contributed by atoms with Crippen molar-refractivity contribution in [2.24, 2.45) is 5.92 Å². The highest BCUT2D eigenvalue weighted by Crippen LogP contribution is 2.44. The number of halogens is 1. The molecule has 4 nitrogen and oxygen atoms in total. The maximum Gasteiger partial charge on any atom is 0.331 e. The molecular formula is C18H16FNO3S. The van der Waals surface area contributed by atoms with Crippen LogP contribution in [-0.4, -0.2) is 27.6 Å². The van der Waals surface area contributed by atoms with Crippen LogP contribution in [-0.2, 0) is 9.59 Å². The molecule has 0 spiro atoms. The first-order valence-electron chi connectivity index (χ1n) is 7.47. The average Bonchev–Trinajstić information content (AvgIpc) is 2.96. The van der Waals surface area contributed by atoms with E-state index in [0.29, 0.717) is 17.7 Å². The molecule has 3 rings (SSSR count). The van der Waals surface area contributed by atoms with Crippen LogP contribution in [0.4, 0.5) is 4.39 Å². The number of hydrogen-bond donors (Lipinski definition) is 1. The number of thioether (sulfide) groups is 1. The number of aliphatic carboxylic acids is 1. The summed E-state index contributed by atoms with van der Waals surface area (Å²) in [7, 11) is 0. The second kappa shape index (κ2) is 6.65. The molecule has 1 heterocycles. The highest BCUT2D eigenvalue weighted by atomic mass is 32.2. The lowest BCUT2D eigenvalue weighted by Gasteiger charge is -2.32. The summed E-state index contributed by atoms with van der Waals surface area (Å²) >= 11 is 1.47. The Morgan fingerprint density at radius 3 is 2.67 bits per heavy atom. The van der Waals surface area contributed by atoms with Crippen molar-refractivity contribution < 1.29 is 19.1 Å². The standard InChI is InChI=1S/C18H16FNO3S/c1-2-11-9-13(18(22)23)5-8-15(11)20-16(21)10-24-17(20)12-3-6-14(19)7-4-12/h2-8,11,17H,1,9-10H2,(H,22,23). The van der Waals surface area contributed by atoms with Crippen molar-refractivity contribution in [3.63, 3.8) is 0 Å². The third-order valence-electron chi connectivity index (χ3n) is 4.14. The molecule has 1 amide bonds. The van der Waals surface area contributed by atoms with Crippen LogP contribution in [0.3, 0.4) is 0 Å². The highest BCUT2D eigenvalue weighted by molar-refractivity contribution is 8.00. The van der Waals surface area contributed by atoms with Gasteiger partial charge in [0, 0.05) is 17.2 Å². The summed E-state index contributed by atoms with van der Waals surface area (Å²) in [6.07, 6.45) is 5.18. The molecule has 1 saturated heterocycles. The van der Waals surface area contributed by atoms with Gasteiger partial charge in [0.2, 0.25) is 5.91 Å². The molecule has 2 aliphatic rings. The molecule has 1 N–H and O–H groups in total. The van der Waals surface area contributed by atoms with E-state index in [4.69, 9.17) is 5.11 Å². The molecule has 1 aromatic carbocycles. The zero-order chi connectivity index (χ0) is 17.3. The predicted octanol–water partition coefficient (Wildman–Crippen LogP) is 3.50. The number of carboxylic acid groups (broad SMARTS) is 1. The molecule has 1 fully saturated rings. The normalized spacial score (nSPS) is 23.7. The smallest absolute Gasteiger partial charge is 0.331 e. The maximum absolute atomic E-state index is 13.2. The number of allylic oxidation sites excluding steroid dienone is 3. The van der Waals surface area contributed by atoms with E-state index in [1.165, 1.54) is 30.0 Å². The number of carbonyl (C=O) groups is 2. The third kappa shape index (κ3) is 3.01. The summed E-state index contributed by atoms with van der Waals surface area (Å²) in [6.45, 7) is 3.78. The van der Waals surface area contributed by atoms with Gasteiger partial charge in [0.1, 0.15) is 11.2 Å². The van der Waals surface area contributed by atoms with Gasteiger partial charge < -0.3 is 5.11 Å². The summed E-state index contributed by atoms with van der Waals surface area (Å²) in [5.74, 6) is -1.24. The fraction of sp³-hybridized carbons (Fsp3) is 0.222. The van der Waals surface area contributed by atoms with Crippen molar-refractivity contribution in [3.05, 3.63) is 71.7 Å². The minimum Gasteiger partial charge on any atom is -0.478 e. The number of benzene rings is 1. The van der Waals surface area contributed by atoms with Crippen molar-refractivity contribution in [1.29, 1.82) is 0 Å². The Morgan fingerprint density at radius 2 is 2.04 bits per heavy atom. The lowest BCUT2D eigenvalue weighted by molar-refractivity contribution is -0.132. The molecule has 0 bridgehead atoms. The SMILES string of the molecule is C=CC1CC(C(=O)O)=CC=C1N1C(=O)CSC1c1ccc(F)cc1. The first-order chi connectivity index (χ1) is 11.5. The van der Waals surface area contributed by atoms with Gasteiger partial charge in [-0.1, -0.05) is 24.3 Å². The van der Waals surface area contributed by atoms with Crippen molar-refractivity contribution in [2.75, 3.05) is 5.75 Å². The second-order valence-electron chi connectivity index (χ2n) is 5.61. The van der Waals surface area contributed by atoms with Crippen LogP contribution in [0.2, 0.25) is 0 Å². The van der Waals surface area contributed by atoms with Gasteiger partial charge in [0.05, 0.1) is 5.75 Å². The monoisotopic (exact) mass is 345 g/mol. The van der Waals surface area contributed by atoms with E-state index in [-0.39, 0.29) is 23.0 Å². The number of rotatable bonds is 4. The summed E-state index contributed by atoms with van der Waals surface area (Å²) < 4.78 is 13.2. The minimum absolute atomic E-state index is 0.0420. The zero-order valence-electron chi connectivity index (χ0n) is 12.8. The molecule has 2 unspecified atom stereocenters. The molecule has 0 radical (unpaired) electrons. The highest BCUT2D eigenvalue weighted by Gasteiger charge is 2.38. The Bertz CT molecular complexity index is 754. The third-order valence-corrected chi connectivity index (χ3v) is 5.35. The van der Waals surface area contributed by atoms with Gasteiger partial charge in [-0.15, -0.1) is 18.3 Å². The van der Waals surface area contributed by atoms with Crippen LogP contribution in [0, 0.1) is 11.7 Å². The number of carbonyl (C=O) groups excluding carboxylic acids is 1. The van der Waals surface area contributed by atoms with Gasteiger partial charge in [0.15, 0.2) is 0 Å². The van der Waals surface area contributed by atoms with Crippen LogP contribution in [0.25, 0.3) is 0 Å². The van der Waals surface area contributed by atoms with Gasteiger partial charge in [-0.05, 0) is 30.2 Å². The van der Waals surface area contributed by atoms with Crippen LogP contribution < -0.4 is 0 Å². The van der Waals surface area contributed by atoms with Crippen molar-refractivity contribution >= 4 is 23.6 Å². The fourth-order valence-electron chi connectivity index (χ4n) is 2.92. The number of amides is 1. The van der Waals surface area contributed by atoms with Gasteiger partial charge >= 0.3 is 5.97 Å². The summed E-state index contributed by atoms with van der Waals surface area (Å²) in [5, 5.41) is 8.92. The van der Waals surface area contributed by atoms with E-state index in [9.17, 15) is 14.0 Å². The molecule has 124 valence electrons. The Balaban J connectivity index is 1.98. The van der Waals surface area contributed by atoms with E-state index in [1.807, 2.05) is 0 Å². The molecular weight excluding hydrogens is 329 g/mol. The first-order valence-corrected chi connectivity index (χ1v) is 8.52. The number of hydrogen-bond acceptors (Lipinski definition) is 3. The van der Waals surface area contributed by atoms with E-state index in [2.05, 4.69) is 6.58 Å². The molecule has 0 aromatic heterocycles. The first kappa shape index (κ1) is 16.5. The van der Waals surface area contributed by atoms with E-state index in [1.54, 1.807) is 29.2 Å². The lowest BCUT2D eigenvalue weighted by Crippen LogP contribution is -2.32. The second-order valence-corrected chi connectivity index (χ2v) is 6.68. The Labute approximate surface area is 143 Å². The molecule has 1 aliphatic heterocycles. The van der Waals surface area contributed by atoms with Gasteiger partial charge in [-0.25, -0.2) is 9.18 Å². The van der Waals surface area contributed by atoms with Crippen LogP contribution in [0.15, 0.2) is 60.3 Å². The number of nitrogens with zero attached hydrogens (tertiary/aromatic N) is 1. The zero-order valence-corrected chi connectivity index (χ0v) is 13.6. The topological polar surface area (TPSA) is 57.6 Å². The Morgan fingerprint density at radius 1 is 1.33 bits per heavy atom. The van der Waals surface area contributed by atoms with Crippen LogP contribution in [0.5, 0.6) is 0 Å².